The highest BCUT2D eigenvalue weighted by molar-refractivity contribution is 7.08. The van der Waals surface area contributed by atoms with Crippen molar-refractivity contribution in [3.8, 4) is 0 Å². The first-order chi connectivity index (χ1) is 13.5. The molecule has 1 aromatic carbocycles. The molecule has 0 saturated carbocycles. The molecule has 1 atom stereocenters. The molecule has 3 amide bonds. The van der Waals surface area contributed by atoms with Gasteiger partial charge in [0.05, 0.1) is 17.8 Å². The number of hydrogen-bond donors (Lipinski definition) is 1. The summed E-state index contributed by atoms with van der Waals surface area (Å²) in [7, 11) is 2.00. The summed E-state index contributed by atoms with van der Waals surface area (Å²) in [6.45, 7) is 4.41. The number of piperazine rings is 1. The summed E-state index contributed by atoms with van der Waals surface area (Å²) in [6, 6.07) is 9.90. The Hall–Kier alpha value is -2.38. The van der Waals surface area contributed by atoms with Gasteiger partial charge < -0.3 is 15.1 Å². The first-order valence-electron chi connectivity index (χ1n) is 9.69. The second kappa shape index (κ2) is 7.56. The molecule has 1 spiro atoms. The van der Waals surface area contributed by atoms with Gasteiger partial charge in [0.25, 0.3) is 0 Å². The molecule has 6 nitrogen and oxygen atoms in total. The number of likely N-dealkylation sites (tertiary alicyclic amines) is 1. The minimum Gasteiger partial charge on any atom is -0.323 e. The maximum Gasteiger partial charge on any atom is 0.321 e. The minimum absolute atomic E-state index is 0.0717. The Morgan fingerprint density at radius 1 is 1.29 bits per heavy atom. The number of urea groups is 1. The van der Waals surface area contributed by atoms with Gasteiger partial charge in [-0.1, -0.05) is 19.1 Å². The van der Waals surface area contributed by atoms with Crippen LogP contribution in [0.5, 0.6) is 0 Å². The van der Waals surface area contributed by atoms with Gasteiger partial charge in [-0.15, -0.1) is 0 Å². The highest BCUT2D eigenvalue weighted by atomic mass is 32.1. The fraction of sp³-hybridized carbons (Fsp3) is 0.429. The summed E-state index contributed by atoms with van der Waals surface area (Å²) in [5, 5.41) is 7.04. The number of benzene rings is 1. The van der Waals surface area contributed by atoms with Gasteiger partial charge in [-0.2, -0.15) is 11.3 Å². The lowest BCUT2D eigenvalue weighted by Gasteiger charge is -2.46. The summed E-state index contributed by atoms with van der Waals surface area (Å²) in [4.78, 5) is 31.3. The van der Waals surface area contributed by atoms with Crippen molar-refractivity contribution in [2.45, 2.75) is 25.3 Å². The molecule has 3 heterocycles. The van der Waals surface area contributed by atoms with Gasteiger partial charge in [-0.3, -0.25) is 9.69 Å². The highest BCUT2D eigenvalue weighted by Crippen LogP contribution is 2.34. The molecule has 4 rings (SSSR count). The molecule has 2 saturated heterocycles. The zero-order valence-electron chi connectivity index (χ0n) is 16.4. The molecule has 2 aliphatic heterocycles. The van der Waals surface area contributed by atoms with Crippen LogP contribution < -0.4 is 10.2 Å². The van der Waals surface area contributed by atoms with Crippen LogP contribution in [-0.4, -0.2) is 60.5 Å². The number of carbonyl (C=O) groups excluding carboxylic acids is 2. The van der Waals surface area contributed by atoms with Crippen LogP contribution in [0.4, 0.5) is 16.2 Å². The Kier molecular flexibility index (Phi) is 5.12. The van der Waals surface area contributed by atoms with Crippen LogP contribution in [0.3, 0.4) is 0 Å². The molecule has 0 unspecified atom stereocenters. The molecular formula is C21H26N4O2S. The van der Waals surface area contributed by atoms with Gasteiger partial charge in [-0.25, -0.2) is 4.79 Å². The maximum atomic E-state index is 12.8. The quantitative estimate of drug-likeness (QED) is 0.863. The monoisotopic (exact) mass is 398 g/mol. The van der Waals surface area contributed by atoms with E-state index in [4.69, 9.17) is 0 Å². The molecule has 1 N–H and O–H groups in total. The first kappa shape index (κ1) is 19.0. The molecule has 2 aliphatic rings. The number of nitrogens with one attached hydrogen (secondary N) is 1. The topological polar surface area (TPSA) is 55.9 Å². The smallest absolute Gasteiger partial charge is 0.321 e. The van der Waals surface area contributed by atoms with Crippen molar-refractivity contribution in [2.24, 2.45) is 0 Å². The predicted molar refractivity (Wildman–Crippen MR) is 113 cm³/mol. The van der Waals surface area contributed by atoms with E-state index >= 15 is 0 Å². The van der Waals surface area contributed by atoms with Crippen molar-refractivity contribution in [1.82, 2.24) is 9.80 Å². The van der Waals surface area contributed by atoms with E-state index in [0.29, 0.717) is 26.2 Å². The van der Waals surface area contributed by atoms with Crippen LogP contribution in [0.1, 0.15) is 18.9 Å². The summed E-state index contributed by atoms with van der Waals surface area (Å²) in [6.07, 6.45) is 1.80. The largest absolute Gasteiger partial charge is 0.323 e. The number of anilines is 2. The summed E-state index contributed by atoms with van der Waals surface area (Å²) in [5.74, 6) is 0.116. The number of amides is 3. The highest BCUT2D eigenvalue weighted by Gasteiger charge is 2.48. The van der Waals surface area contributed by atoms with Crippen molar-refractivity contribution in [3.05, 3.63) is 46.7 Å². The number of carbonyl (C=O) groups is 2. The Morgan fingerprint density at radius 3 is 2.89 bits per heavy atom. The number of thiophene rings is 1. The fourth-order valence-corrected chi connectivity index (χ4v) is 4.79. The molecule has 0 aliphatic carbocycles. The predicted octanol–water partition coefficient (Wildman–Crippen LogP) is 3.27. The van der Waals surface area contributed by atoms with Crippen molar-refractivity contribution in [1.29, 1.82) is 0 Å². The summed E-state index contributed by atoms with van der Waals surface area (Å²) < 4.78 is 0. The molecule has 148 valence electrons. The van der Waals surface area contributed by atoms with Crippen LogP contribution >= 0.6 is 11.3 Å². The molecule has 0 radical (unpaired) electrons. The first-order valence-corrected chi connectivity index (χ1v) is 10.6. The molecule has 1 aromatic heterocycles. The van der Waals surface area contributed by atoms with E-state index in [1.54, 1.807) is 11.3 Å². The number of aryl methyl sites for hydroxylation is 1. The van der Waals surface area contributed by atoms with Crippen LogP contribution in [0.15, 0.2) is 41.1 Å². The minimum atomic E-state index is -0.196. The second-order valence-electron chi connectivity index (χ2n) is 7.70. The molecule has 2 aromatic rings. The Morgan fingerprint density at radius 2 is 2.14 bits per heavy atom. The van der Waals surface area contributed by atoms with Crippen molar-refractivity contribution in [2.75, 3.05) is 43.4 Å². The lowest BCUT2D eigenvalue weighted by Crippen LogP contribution is -2.64. The van der Waals surface area contributed by atoms with Crippen LogP contribution in [0.2, 0.25) is 0 Å². The number of nitrogens with zero attached hydrogens (tertiary/aromatic N) is 3. The van der Waals surface area contributed by atoms with E-state index in [1.807, 2.05) is 51.9 Å². The number of hydrogen-bond acceptors (Lipinski definition) is 4. The van der Waals surface area contributed by atoms with E-state index in [1.165, 1.54) is 5.56 Å². The van der Waals surface area contributed by atoms with Crippen molar-refractivity contribution < 1.29 is 9.59 Å². The molecular weight excluding hydrogens is 372 g/mol. The van der Waals surface area contributed by atoms with E-state index in [2.05, 4.69) is 23.2 Å². The summed E-state index contributed by atoms with van der Waals surface area (Å²) in [5.41, 5.74) is 2.80. The summed E-state index contributed by atoms with van der Waals surface area (Å²) >= 11 is 1.59. The van der Waals surface area contributed by atoms with Gasteiger partial charge >= 0.3 is 6.03 Å². The van der Waals surface area contributed by atoms with Crippen molar-refractivity contribution in [3.63, 3.8) is 0 Å². The number of likely N-dealkylation sites (N-methyl/N-ethyl adjacent to an activating group) is 1. The third-order valence-electron chi connectivity index (χ3n) is 5.96. The Bertz CT molecular complexity index is 869. The van der Waals surface area contributed by atoms with E-state index in [-0.39, 0.29) is 17.5 Å². The average molecular weight is 399 g/mol. The standard InChI is InChI=1S/C21H26N4O2S/c1-3-16-5-4-6-17(11-16)22-20(27)24-9-8-21(14-24)15-25(18-7-10-28-13-18)19(26)12-23(21)2/h4-7,10-11,13H,3,8-9,12,14-15H2,1-2H3,(H,22,27)/t21-/m0/s1. The van der Waals surface area contributed by atoms with E-state index in [9.17, 15) is 9.59 Å². The van der Waals surface area contributed by atoms with Gasteiger partial charge in [0.1, 0.15) is 0 Å². The van der Waals surface area contributed by atoms with Gasteiger partial charge in [0.2, 0.25) is 5.91 Å². The van der Waals surface area contributed by atoms with E-state index in [0.717, 1.165) is 24.2 Å². The number of rotatable bonds is 3. The zero-order valence-corrected chi connectivity index (χ0v) is 17.2. The van der Waals surface area contributed by atoms with Gasteiger partial charge in [0, 0.05) is 30.7 Å². The third-order valence-corrected chi connectivity index (χ3v) is 6.63. The second-order valence-corrected chi connectivity index (χ2v) is 8.48. The van der Waals surface area contributed by atoms with Crippen LogP contribution in [-0.2, 0) is 11.2 Å². The molecule has 0 bridgehead atoms. The molecule has 28 heavy (non-hydrogen) atoms. The third kappa shape index (κ3) is 3.52. The fourth-order valence-electron chi connectivity index (χ4n) is 4.15. The molecule has 7 heteroatoms. The average Bonchev–Trinajstić information content (AvgIpc) is 3.36. The van der Waals surface area contributed by atoms with Crippen LogP contribution in [0, 0.1) is 0 Å². The lowest BCUT2D eigenvalue weighted by molar-refractivity contribution is -0.123. The van der Waals surface area contributed by atoms with Crippen LogP contribution in [0.25, 0.3) is 0 Å². The Balaban J connectivity index is 1.47. The lowest BCUT2D eigenvalue weighted by atomic mass is 9.93. The van der Waals surface area contributed by atoms with E-state index < -0.39 is 0 Å². The molecule has 2 fully saturated rings. The van der Waals surface area contributed by atoms with Gasteiger partial charge in [-0.05, 0) is 49.0 Å². The van der Waals surface area contributed by atoms with Gasteiger partial charge in [0.15, 0.2) is 0 Å². The zero-order chi connectivity index (χ0) is 19.7. The maximum absolute atomic E-state index is 12.8. The Labute approximate surface area is 169 Å². The normalized spacial score (nSPS) is 22.9. The van der Waals surface area contributed by atoms with Crippen molar-refractivity contribution >= 4 is 34.6 Å². The SMILES string of the molecule is CCc1cccc(NC(=O)N2CC[C@]3(C2)CN(c2ccsc2)C(=O)CN3C)c1.